The average Bonchev–Trinajstić information content (AvgIpc) is 3.11. The van der Waals surface area contributed by atoms with Gasteiger partial charge in [0.25, 0.3) is 0 Å². The summed E-state index contributed by atoms with van der Waals surface area (Å²) in [5.74, 6) is -0.512. The molecule has 0 saturated heterocycles. The highest BCUT2D eigenvalue weighted by molar-refractivity contribution is 5.76. The highest BCUT2D eigenvalue weighted by Gasteiger charge is 2.30. The molecular formula is C25H37NO5. The van der Waals surface area contributed by atoms with Gasteiger partial charge in [0.05, 0.1) is 24.2 Å². The summed E-state index contributed by atoms with van der Waals surface area (Å²) in [6.45, 7) is 11.9. The number of alkyl carbamates (subject to hydrolysis) is 1. The number of benzene rings is 1. The van der Waals surface area contributed by atoms with Crippen LogP contribution in [0.5, 0.6) is 0 Å². The van der Waals surface area contributed by atoms with Gasteiger partial charge >= 0.3 is 12.1 Å². The van der Waals surface area contributed by atoms with Gasteiger partial charge in [-0.2, -0.15) is 0 Å². The Balaban J connectivity index is 2.07. The molecule has 1 amide bonds. The minimum absolute atomic E-state index is 0.222. The Labute approximate surface area is 186 Å². The molecule has 1 aromatic carbocycles. The van der Waals surface area contributed by atoms with Crippen LogP contribution in [0.4, 0.5) is 4.79 Å². The summed E-state index contributed by atoms with van der Waals surface area (Å²) in [6, 6.07) is 9.25. The summed E-state index contributed by atoms with van der Waals surface area (Å²) in [7, 11) is 0. The lowest BCUT2D eigenvalue weighted by Crippen LogP contribution is -2.42. The number of carbonyl (C=O) groups is 2. The number of amides is 1. The molecule has 0 spiro atoms. The predicted octanol–water partition coefficient (Wildman–Crippen LogP) is 5.16. The quantitative estimate of drug-likeness (QED) is 0.476. The Hall–Kier alpha value is -2.34. The fourth-order valence-electron chi connectivity index (χ4n) is 3.36. The van der Waals surface area contributed by atoms with Gasteiger partial charge in [-0.3, -0.25) is 4.79 Å². The zero-order valence-electron chi connectivity index (χ0n) is 19.7. The number of carbonyl (C=O) groups excluding carboxylic acids is 2. The van der Waals surface area contributed by atoms with Crippen LogP contribution in [0.1, 0.15) is 66.4 Å². The Bertz CT molecular complexity index is 758. The molecule has 1 fully saturated rings. The van der Waals surface area contributed by atoms with E-state index in [-0.39, 0.29) is 30.7 Å². The van der Waals surface area contributed by atoms with E-state index in [0.29, 0.717) is 0 Å². The molecule has 0 aromatic heterocycles. The molecule has 31 heavy (non-hydrogen) atoms. The number of ether oxygens (including phenoxy) is 3. The predicted molar refractivity (Wildman–Crippen MR) is 121 cm³/mol. The zero-order valence-corrected chi connectivity index (χ0v) is 19.7. The van der Waals surface area contributed by atoms with Crippen LogP contribution in [0, 0.1) is 5.92 Å². The molecule has 1 aliphatic rings. The standard InChI is InChI=1S/C25H37NO5/c1-24(2,3)30-17-20(26-23(28)31-25(4,5)6)15-19-13-10-14-21(19)22(27)29-16-18-11-8-7-9-12-18/h7-9,11-12,15,20-21H,10,13-14,16-17H2,1-6H3,(H,26,28)/b19-15+/t20-,21-/m1/s1. The number of rotatable bonds is 7. The lowest BCUT2D eigenvalue weighted by atomic mass is 10.0. The van der Waals surface area contributed by atoms with Crippen molar-refractivity contribution in [2.24, 2.45) is 5.92 Å². The summed E-state index contributed by atoms with van der Waals surface area (Å²) in [6.07, 6.45) is 3.90. The Kier molecular flexibility index (Phi) is 8.69. The van der Waals surface area contributed by atoms with E-state index < -0.39 is 17.7 Å². The van der Waals surface area contributed by atoms with Crippen molar-refractivity contribution in [3.8, 4) is 0 Å². The second-order valence-corrected chi connectivity index (χ2v) is 9.96. The smallest absolute Gasteiger partial charge is 0.408 e. The fraction of sp³-hybridized carbons (Fsp3) is 0.600. The van der Waals surface area contributed by atoms with Gasteiger partial charge in [0.2, 0.25) is 0 Å². The maximum absolute atomic E-state index is 12.7. The van der Waals surface area contributed by atoms with Gasteiger partial charge in [-0.25, -0.2) is 4.79 Å². The molecule has 2 rings (SSSR count). The molecule has 1 N–H and O–H groups in total. The van der Waals surface area contributed by atoms with Gasteiger partial charge in [-0.05, 0) is 66.4 Å². The molecular weight excluding hydrogens is 394 g/mol. The minimum atomic E-state index is -0.593. The van der Waals surface area contributed by atoms with Crippen molar-refractivity contribution in [2.45, 2.75) is 84.7 Å². The summed E-state index contributed by atoms with van der Waals surface area (Å²) in [5.41, 5.74) is 0.999. The van der Waals surface area contributed by atoms with Gasteiger partial charge in [0.1, 0.15) is 12.2 Å². The maximum atomic E-state index is 12.7. The normalized spacial score (nSPS) is 19.2. The van der Waals surface area contributed by atoms with E-state index in [1.54, 1.807) is 0 Å². The first-order valence-electron chi connectivity index (χ1n) is 11.0. The molecule has 0 bridgehead atoms. The van der Waals surface area contributed by atoms with Crippen LogP contribution >= 0.6 is 0 Å². The monoisotopic (exact) mass is 431 g/mol. The SMILES string of the molecule is CC(C)(C)OC[C@@H](/C=C1\CCC[C@H]1C(=O)OCc1ccccc1)NC(=O)OC(C)(C)C. The van der Waals surface area contributed by atoms with E-state index in [4.69, 9.17) is 14.2 Å². The van der Waals surface area contributed by atoms with Crippen molar-refractivity contribution in [2.75, 3.05) is 6.61 Å². The summed E-state index contributed by atoms with van der Waals surface area (Å²) in [5, 5.41) is 2.88. The number of hydrogen-bond acceptors (Lipinski definition) is 5. The Morgan fingerprint density at radius 1 is 1.10 bits per heavy atom. The van der Waals surface area contributed by atoms with Gasteiger partial charge in [-0.1, -0.05) is 42.0 Å². The van der Waals surface area contributed by atoms with Crippen LogP contribution in [-0.2, 0) is 25.6 Å². The molecule has 0 unspecified atom stereocenters. The van der Waals surface area contributed by atoms with E-state index in [0.717, 1.165) is 30.4 Å². The number of nitrogens with one attached hydrogen (secondary N) is 1. The van der Waals surface area contributed by atoms with Crippen LogP contribution in [-0.4, -0.2) is 35.9 Å². The van der Waals surface area contributed by atoms with Gasteiger partial charge in [0, 0.05) is 0 Å². The van der Waals surface area contributed by atoms with Crippen molar-refractivity contribution in [1.82, 2.24) is 5.32 Å². The molecule has 2 atom stereocenters. The summed E-state index contributed by atoms with van der Waals surface area (Å²) < 4.78 is 16.9. The third kappa shape index (κ3) is 9.55. The van der Waals surface area contributed by atoms with Crippen LogP contribution in [0.25, 0.3) is 0 Å². The fourth-order valence-corrected chi connectivity index (χ4v) is 3.36. The van der Waals surface area contributed by atoms with Crippen LogP contribution in [0.3, 0.4) is 0 Å². The van der Waals surface area contributed by atoms with E-state index >= 15 is 0 Å². The Morgan fingerprint density at radius 3 is 2.39 bits per heavy atom. The van der Waals surface area contributed by atoms with Crippen LogP contribution < -0.4 is 5.32 Å². The lowest BCUT2D eigenvalue weighted by molar-refractivity contribution is -0.148. The maximum Gasteiger partial charge on any atom is 0.408 e. The number of hydrogen-bond donors (Lipinski definition) is 1. The van der Waals surface area contributed by atoms with E-state index in [1.165, 1.54) is 0 Å². The van der Waals surface area contributed by atoms with E-state index in [1.807, 2.05) is 78.0 Å². The number of esters is 1. The average molecular weight is 432 g/mol. The van der Waals surface area contributed by atoms with Crippen molar-refractivity contribution in [3.63, 3.8) is 0 Å². The molecule has 0 heterocycles. The second-order valence-electron chi connectivity index (χ2n) is 9.96. The summed E-state index contributed by atoms with van der Waals surface area (Å²) in [4.78, 5) is 25.1. The highest BCUT2D eigenvalue weighted by atomic mass is 16.6. The summed E-state index contributed by atoms with van der Waals surface area (Å²) >= 11 is 0. The molecule has 0 radical (unpaired) electrons. The van der Waals surface area contributed by atoms with Gasteiger partial charge in [-0.15, -0.1) is 0 Å². The highest BCUT2D eigenvalue weighted by Crippen LogP contribution is 2.32. The molecule has 6 nitrogen and oxygen atoms in total. The third-order valence-corrected chi connectivity index (χ3v) is 4.73. The Morgan fingerprint density at radius 2 is 1.77 bits per heavy atom. The zero-order chi connectivity index (χ0) is 23.1. The van der Waals surface area contributed by atoms with Crippen molar-refractivity contribution in [3.05, 3.63) is 47.5 Å². The molecule has 1 aliphatic carbocycles. The molecule has 172 valence electrons. The minimum Gasteiger partial charge on any atom is -0.460 e. The van der Waals surface area contributed by atoms with Crippen molar-refractivity contribution in [1.29, 1.82) is 0 Å². The molecule has 1 aromatic rings. The molecule has 1 saturated carbocycles. The lowest BCUT2D eigenvalue weighted by Gasteiger charge is -2.26. The molecule has 6 heteroatoms. The van der Waals surface area contributed by atoms with Crippen molar-refractivity contribution >= 4 is 12.1 Å². The first kappa shape index (κ1) is 24.9. The molecule has 0 aliphatic heterocycles. The van der Waals surface area contributed by atoms with Crippen LogP contribution in [0.2, 0.25) is 0 Å². The van der Waals surface area contributed by atoms with E-state index in [9.17, 15) is 9.59 Å². The second kappa shape index (κ2) is 10.8. The topological polar surface area (TPSA) is 73.9 Å². The van der Waals surface area contributed by atoms with Crippen molar-refractivity contribution < 1.29 is 23.8 Å². The van der Waals surface area contributed by atoms with E-state index in [2.05, 4.69) is 5.32 Å². The van der Waals surface area contributed by atoms with Gasteiger partial charge in [0.15, 0.2) is 0 Å². The van der Waals surface area contributed by atoms with Crippen LogP contribution in [0.15, 0.2) is 42.0 Å². The first-order chi connectivity index (χ1) is 14.4. The first-order valence-corrected chi connectivity index (χ1v) is 11.0. The third-order valence-electron chi connectivity index (χ3n) is 4.73. The van der Waals surface area contributed by atoms with Gasteiger partial charge < -0.3 is 19.5 Å². The largest absolute Gasteiger partial charge is 0.460 e.